The van der Waals surface area contributed by atoms with E-state index in [0.29, 0.717) is 23.2 Å². The predicted molar refractivity (Wildman–Crippen MR) is 104 cm³/mol. The number of rotatable bonds is 4. The number of fused-ring (bicyclic) bond motifs is 1. The molecule has 142 valence electrons. The Hall–Kier alpha value is -3.54. The molecular weight excluding hydrogens is 354 g/mol. The van der Waals surface area contributed by atoms with E-state index >= 15 is 0 Å². The zero-order chi connectivity index (χ0) is 19.7. The van der Waals surface area contributed by atoms with E-state index in [4.69, 9.17) is 16.1 Å². The molecule has 1 aliphatic carbocycles. The Balaban J connectivity index is 1.57. The monoisotopic (exact) mass is 375 g/mol. The fourth-order valence-corrected chi connectivity index (χ4v) is 4.07. The first kappa shape index (κ1) is 17.9. The molecule has 4 N–H and O–H groups in total. The van der Waals surface area contributed by atoms with Gasteiger partial charge in [-0.3, -0.25) is 15.4 Å². The Morgan fingerprint density at radius 3 is 2.89 bits per heavy atom. The maximum absolute atomic E-state index is 8.85. The molecule has 3 aromatic rings. The first-order valence-electron chi connectivity index (χ1n) is 9.28. The first-order chi connectivity index (χ1) is 13.6. The third kappa shape index (κ3) is 3.13. The molecular formula is C19H21N9. The van der Waals surface area contributed by atoms with Gasteiger partial charge in [0.1, 0.15) is 23.2 Å². The molecule has 3 aromatic heterocycles. The van der Waals surface area contributed by atoms with E-state index in [1.807, 2.05) is 12.1 Å². The minimum atomic E-state index is 0.0310. The number of aromatic nitrogens is 5. The summed E-state index contributed by atoms with van der Waals surface area (Å²) in [5, 5.41) is 29.3. The van der Waals surface area contributed by atoms with Crippen molar-refractivity contribution in [3.63, 3.8) is 0 Å². The standard InChI is InChI=1S/C19H21N9/c1-2-11-5-12(27-17-10-24-13(7-20)8-25-17)6-14(11)18(22)28-15-3-4-23-19(15)26-9-16(28)21/h3-4,8-12,14,21-23H,2,5-6H2,1H3,(H,25,27)/t11-,12+,14+/m1/s1. The highest BCUT2D eigenvalue weighted by Gasteiger charge is 2.37. The zero-order valence-electron chi connectivity index (χ0n) is 15.5. The molecule has 9 nitrogen and oxygen atoms in total. The van der Waals surface area contributed by atoms with Gasteiger partial charge >= 0.3 is 0 Å². The second-order valence-electron chi connectivity index (χ2n) is 7.06. The third-order valence-corrected chi connectivity index (χ3v) is 5.43. The smallest absolute Gasteiger partial charge is 0.158 e. The van der Waals surface area contributed by atoms with Crippen LogP contribution in [0.4, 0.5) is 5.82 Å². The van der Waals surface area contributed by atoms with Gasteiger partial charge in [-0.2, -0.15) is 5.26 Å². The number of nitrogens with one attached hydrogen (secondary N) is 4. The second kappa shape index (κ2) is 7.23. The second-order valence-corrected chi connectivity index (χ2v) is 7.06. The van der Waals surface area contributed by atoms with Crippen molar-refractivity contribution >= 4 is 22.8 Å². The molecule has 0 saturated heterocycles. The minimum absolute atomic E-state index is 0.0310. The van der Waals surface area contributed by atoms with E-state index in [-0.39, 0.29) is 23.1 Å². The molecule has 0 radical (unpaired) electrons. The molecule has 1 aliphatic rings. The van der Waals surface area contributed by atoms with E-state index in [0.717, 1.165) is 24.8 Å². The lowest BCUT2D eigenvalue weighted by Crippen LogP contribution is -2.34. The van der Waals surface area contributed by atoms with Gasteiger partial charge in [-0.15, -0.1) is 0 Å². The van der Waals surface area contributed by atoms with Gasteiger partial charge < -0.3 is 10.3 Å². The Labute approximate surface area is 161 Å². The summed E-state index contributed by atoms with van der Waals surface area (Å²) in [6, 6.07) is 3.98. The largest absolute Gasteiger partial charge is 0.366 e. The fourth-order valence-electron chi connectivity index (χ4n) is 4.07. The molecule has 3 atom stereocenters. The molecule has 4 rings (SSSR count). The van der Waals surface area contributed by atoms with Gasteiger partial charge in [0.25, 0.3) is 0 Å². The number of nitrogens with zero attached hydrogens (tertiary/aromatic N) is 5. The Bertz CT molecular complexity index is 1100. The molecule has 0 spiro atoms. The van der Waals surface area contributed by atoms with Crippen LogP contribution in [0.15, 0.2) is 30.9 Å². The SMILES string of the molecule is CC[C@@H]1C[C@H](Nc2cnc(C#N)cn2)C[C@@H]1C(=N)n1c(=N)cnc2[nH]ccc21. The summed E-state index contributed by atoms with van der Waals surface area (Å²) in [5.41, 5.74) is 1.92. The van der Waals surface area contributed by atoms with Gasteiger partial charge in [0.05, 0.1) is 24.1 Å². The molecule has 0 unspecified atom stereocenters. The zero-order valence-corrected chi connectivity index (χ0v) is 15.5. The van der Waals surface area contributed by atoms with E-state index in [2.05, 4.69) is 32.2 Å². The summed E-state index contributed by atoms with van der Waals surface area (Å²) >= 11 is 0. The average Bonchev–Trinajstić information content (AvgIpc) is 3.34. The number of H-pyrrole nitrogens is 1. The normalized spacial score (nSPS) is 21.5. The number of aromatic amines is 1. The molecule has 0 amide bonds. The number of hydrogen-bond donors (Lipinski definition) is 4. The van der Waals surface area contributed by atoms with Crippen LogP contribution in [0.25, 0.3) is 11.2 Å². The van der Waals surface area contributed by atoms with Crippen molar-refractivity contribution < 1.29 is 0 Å². The number of anilines is 1. The maximum atomic E-state index is 8.85. The van der Waals surface area contributed by atoms with Crippen molar-refractivity contribution in [1.29, 1.82) is 16.1 Å². The summed E-state index contributed by atoms with van der Waals surface area (Å²) in [4.78, 5) is 15.6. The summed E-state index contributed by atoms with van der Waals surface area (Å²) in [6.07, 6.45) is 8.93. The Morgan fingerprint density at radius 2 is 2.18 bits per heavy atom. The summed E-state index contributed by atoms with van der Waals surface area (Å²) in [7, 11) is 0. The van der Waals surface area contributed by atoms with Crippen LogP contribution in [0.3, 0.4) is 0 Å². The molecule has 1 fully saturated rings. The summed E-state index contributed by atoms with van der Waals surface area (Å²) < 4.78 is 1.68. The molecule has 0 aliphatic heterocycles. The van der Waals surface area contributed by atoms with Crippen molar-refractivity contribution in [2.24, 2.45) is 11.8 Å². The van der Waals surface area contributed by atoms with Crippen LogP contribution in [-0.2, 0) is 0 Å². The fraction of sp³-hybridized carbons (Fsp3) is 0.368. The van der Waals surface area contributed by atoms with E-state index < -0.39 is 0 Å². The van der Waals surface area contributed by atoms with Crippen LogP contribution in [0.5, 0.6) is 0 Å². The molecule has 9 heteroatoms. The van der Waals surface area contributed by atoms with Gasteiger partial charge in [-0.05, 0) is 24.8 Å². The summed E-state index contributed by atoms with van der Waals surface area (Å²) in [6.45, 7) is 2.14. The highest BCUT2D eigenvalue weighted by molar-refractivity contribution is 5.91. The highest BCUT2D eigenvalue weighted by Crippen LogP contribution is 2.36. The van der Waals surface area contributed by atoms with Crippen molar-refractivity contribution in [2.45, 2.75) is 32.2 Å². The minimum Gasteiger partial charge on any atom is -0.366 e. The number of nitriles is 1. The summed E-state index contributed by atoms with van der Waals surface area (Å²) in [5.74, 6) is 1.43. The van der Waals surface area contributed by atoms with E-state index in [9.17, 15) is 0 Å². The van der Waals surface area contributed by atoms with Crippen LogP contribution < -0.4 is 10.8 Å². The van der Waals surface area contributed by atoms with Crippen LogP contribution in [0.2, 0.25) is 0 Å². The van der Waals surface area contributed by atoms with Gasteiger partial charge in [0.2, 0.25) is 0 Å². The van der Waals surface area contributed by atoms with Crippen molar-refractivity contribution in [3.8, 4) is 6.07 Å². The average molecular weight is 375 g/mol. The van der Waals surface area contributed by atoms with Crippen LogP contribution in [0, 0.1) is 34.0 Å². The Kier molecular flexibility index (Phi) is 4.61. The molecule has 3 heterocycles. The van der Waals surface area contributed by atoms with E-state index in [1.54, 1.807) is 17.0 Å². The lowest BCUT2D eigenvalue weighted by Gasteiger charge is -2.21. The molecule has 1 saturated carbocycles. The van der Waals surface area contributed by atoms with Crippen molar-refractivity contribution in [2.75, 3.05) is 5.32 Å². The van der Waals surface area contributed by atoms with E-state index in [1.165, 1.54) is 12.4 Å². The van der Waals surface area contributed by atoms with Gasteiger partial charge in [0.15, 0.2) is 11.3 Å². The first-order valence-corrected chi connectivity index (χ1v) is 9.28. The Morgan fingerprint density at radius 1 is 1.32 bits per heavy atom. The highest BCUT2D eigenvalue weighted by atomic mass is 15.1. The van der Waals surface area contributed by atoms with Crippen molar-refractivity contribution in [1.82, 2.24) is 24.5 Å². The molecule has 0 aromatic carbocycles. The van der Waals surface area contributed by atoms with Crippen LogP contribution in [0.1, 0.15) is 31.9 Å². The van der Waals surface area contributed by atoms with Gasteiger partial charge in [-0.1, -0.05) is 13.3 Å². The van der Waals surface area contributed by atoms with Crippen molar-refractivity contribution in [3.05, 3.63) is 42.0 Å². The van der Waals surface area contributed by atoms with Gasteiger partial charge in [-0.25, -0.2) is 15.0 Å². The topological polar surface area (TPSA) is 143 Å². The third-order valence-electron chi connectivity index (χ3n) is 5.43. The quantitative estimate of drug-likeness (QED) is 0.408. The maximum Gasteiger partial charge on any atom is 0.158 e. The van der Waals surface area contributed by atoms with Crippen LogP contribution in [-0.4, -0.2) is 36.4 Å². The molecule has 0 bridgehead atoms. The predicted octanol–water partition coefficient (Wildman–Crippen LogP) is 2.25. The molecule has 28 heavy (non-hydrogen) atoms. The lowest BCUT2D eigenvalue weighted by molar-refractivity contribution is 0.456. The number of hydrogen-bond acceptors (Lipinski definition) is 7. The van der Waals surface area contributed by atoms with Crippen LogP contribution >= 0.6 is 0 Å². The lowest BCUT2D eigenvalue weighted by atomic mass is 9.92. The van der Waals surface area contributed by atoms with Gasteiger partial charge in [0, 0.05) is 18.2 Å².